The summed E-state index contributed by atoms with van der Waals surface area (Å²) in [6.45, 7) is 20.2. The molecule has 0 N–H and O–H groups in total. The smallest absolute Gasteiger partial charge is 0.226 e. The largest absolute Gasteiger partial charge is 0.337 e. The summed E-state index contributed by atoms with van der Waals surface area (Å²) in [5, 5.41) is 0. The van der Waals surface area contributed by atoms with Crippen molar-refractivity contribution in [1.29, 1.82) is 0 Å². The van der Waals surface area contributed by atoms with Gasteiger partial charge in [-0.15, -0.1) is 0 Å². The van der Waals surface area contributed by atoms with Crippen LogP contribution in [0.4, 0.5) is 0 Å². The monoisotopic (exact) mass is 295 g/mol. The Morgan fingerprint density at radius 2 is 1.33 bits per heavy atom. The molecule has 21 heavy (non-hydrogen) atoms. The molecule has 0 saturated carbocycles. The number of amides is 1. The molecule has 1 heterocycles. The Balaban J connectivity index is 3.16. The van der Waals surface area contributed by atoms with Gasteiger partial charge in [-0.2, -0.15) is 0 Å². The van der Waals surface area contributed by atoms with Crippen molar-refractivity contribution in [1.82, 2.24) is 4.90 Å². The fourth-order valence-electron chi connectivity index (χ4n) is 4.44. The van der Waals surface area contributed by atoms with Gasteiger partial charge in [0.15, 0.2) is 0 Å². The van der Waals surface area contributed by atoms with Crippen LogP contribution in [0, 0.1) is 29.1 Å². The molecule has 0 aromatic rings. The summed E-state index contributed by atoms with van der Waals surface area (Å²) < 4.78 is 0. The minimum Gasteiger partial charge on any atom is -0.337 e. The van der Waals surface area contributed by atoms with Crippen molar-refractivity contribution in [3.8, 4) is 0 Å². The highest BCUT2D eigenvalue weighted by atomic mass is 16.2. The maximum atomic E-state index is 13.4. The molecule has 0 aliphatic carbocycles. The second kappa shape index (κ2) is 6.71. The zero-order valence-electron chi connectivity index (χ0n) is 15.7. The molecule has 0 bridgehead atoms. The molecule has 0 aromatic heterocycles. The van der Waals surface area contributed by atoms with Crippen molar-refractivity contribution >= 4 is 5.91 Å². The zero-order chi connectivity index (χ0) is 16.5. The maximum absolute atomic E-state index is 13.4. The molecule has 1 rings (SSSR count). The van der Waals surface area contributed by atoms with Gasteiger partial charge in [-0.25, -0.2) is 0 Å². The highest BCUT2D eigenvalue weighted by molar-refractivity contribution is 5.81. The minimum absolute atomic E-state index is 0.0122. The Hall–Kier alpha value is -0.530. The molecule has 1 aliphatic heterocycles. The maximum Gasteiger partial charge on any atom is 0.226 e. The van der Waals surface area contributed by atoms with Crippen LogP contribution in [0.3, 0.4) is 0 Å². The second-order valence-electron chi connectivity index (χ2n) is 8.93. The van der Waals surface area contributed by atoms with E-state index in [0.717, 1.165) is 12.8 Å². The Morgan fingerprint density at radius 3 is 1.62 bits per heavy atom. The molecule has 124 valence electrons. The summed E-state index contributed by atoms with van der Waals surface area (Å²) in [5.74, 6) is 2.02. The van der Waals surface area contributed by atoms with Gasteiger partial charge in [-0.05, 0) is 49.9 Å². The highest BCUT2D eigenvalue weighted by Gasteiger charge is 2.45. The highest BCUT2D eigenvalue weighted by Crippen LogP contribution is 2.42. The first-order valence-corrected chi connectivity index (χ1v) is 8.80. The third-order valence-electron chi connectivity index (χ3n) is 5.33. The molecule has 3 atom stereocenters. The van der Waals surface area contributed by atoms with Gasteiger partial charge >= 0.3 is 0 Å². The van der Waals surface area contributed by atoms with Crippen LogP contribution in [0.15, 0.2) is 0 Å². The van der Waals surface area contributed by atoms with Crippen molar-refractivity contribution in [2.24, 2.45) is 29.1 Å². The lowest BCUT2D eigenvalue weighted by Gasteiger charge is -2.43. The SMILES string of the molecule is CC(C)C(C(C)C)[C@@H](C(=O)N1[C@H](C)CC[C@H]1C)C(C)(C)C. The normalized spacial score (nSPS) is 25.2. The molecule has 2 nitrogen and oxygen atoms in total. The third kappa shape index (κ3) is 4.02. The first kappa shape index (κ1) is 18.5. The molecular weight excluding hydrogens is 258 g/mol. The summed E-state index contributed by atoms with van der Waals surface area (Å²) in [6, 6.07) is 0.801. The van der Waals surface area contributed by atoms with Crippen LogP contribution in [-0.2, 0) is 4.79 Å². The predicted octanol–water partition coefficient (Wildman–Crippen LogP) is 4.98. The average Bonchev–Trinajstić information content (AvgIpc) is 2.62. The first-order chi connectivity index (χ1) is 9.48. The number of rotatable bonds is 4. The first-order valence-electron chi connectivity index (χ1n) is 8.80. The molecule has 0 radical (unpaired) electrons. The standard InChI is InChI=1S/C19H37NO/c1-12(2)16(13(3)4)17(19(7,8)9)18(21)20-14(5)10-11-15(20)6/h12-17H,10-11H2,1-9H3/t14-,15-,17+/m1/s1. The predicted molar refractivity (Wildman–Crippen MR) is 91.1 cm³/mol. The molecule has 1 saturated heterocycles. The van der Waals surface area contributed by atoms with Crippen LogP contribution >= 0.6 is 0 Å². The number of carbonyl (C=O) groups excluding carboxylic acids is 1. The summed E-state index contributed by atoms with van der Waals surface area (Å²) in [5.41, 5.74) is 0.0122. The number of carbonyl (C=O) groups is 1. The van der Waals surface area contributed by atoms with Gasteiger partial charge in [0.05, 0.1) is 0 Å². The van der Waals surface area contributed by atoms with Gasteiger partial charge in [-0.1, -0.05) is 48.5 Å². The van der Waals surface area contributed by atoms with E-state index in [-0.39, 0.29) is 11.3 Å². The van der Waals surface area contributed by atoms with Gasteiger partial charge in [0.25, 0.3) is 0 Å². The molecule has 1 amide bonds. The Morgan fingerprint density at radius 1 is 0.952 bits per heavy atom. The van der Waals surface area contributed by atoms with Crippen LogP contribution in [0.25, 0.3) is 0 Å². The number of nitrogens with zero attached hydrogens (tertiary/aromatic N) is 1. The number of hydrogen-bond donors (Lipinski definition) is 0. The van der Waals surface area contributed by atoms with E-state index in [1.54, 1.807) is 0 Å². The summed E-state index contributed by atoms with van der Waals surface area (Å²) in [4.78, 5) is 15.6. The molecule has 2 heteroatoms. The van der Waals surface area contributed by atoms with E-state index in [9.17, 15) is 4.79 Å². The molecule has 1 fully saturated rings. The Bertz CT molecular complexity index is 335. The van der Waals surface area contributed by atoms with Gasteiger partial charge in [0, 0.05) is 18.0 Å². The molecule has 0 aromatic carbocycles. The lowest BCUT2D eigenvalue weighted by atomic mass is 9.65. The van der Waals surface area contributed by atoms with E-state index >= 15 is 0 Å². The van der Waals surface area contributed by atoms with Crippen molar-refractivity contribution in [3.05, 3.63) is 0 Å². The number of likely N-dealkylation sites (tertiary alicyclic amines) is 1. The van der Waals surface area contributed by atoms with E-state index in [1.165, 1.54) is 0 Å². The van der Waals surface area contributed by atoms with Crippen LogP contribution in [-0.4, -0.2) is 22.9 Å². The summed E-state index contributed by atoms with van der Waals surface area (Å²) in [6.07, 6.45) is 2.30. The van der Waals surface area contributed by atoms with Crippen LogP contribution in [0.1, 0.15) is 75.2 Å². The number of hydrogen-bond acceptors (Lipinski definition) is 1. The third-order valence-corrected chi connectivity index (χ3v) is 5.33. The van der Waals surface area contributed by atoms with Crippen LogP contribution in [0.2, 0.25) is 0 Å². The van der Waals surface area contributed by atoms with Crippen molar-refractivity contribution in [2.75, 3.05) is 0 Å². The van der Waals surface area contributed by atoms with E-state index in [1.807, 2.05) is 0 Å². The fraction of sp³-hybridized carbons (Fsp3) is 0.947. The van der Waals surface area contributed by atoms with E-state index in [4.69, 9.17) is 0 Å². The molecule has 1 aliphatic rings. The Kier molecular flexibility index (Phi) is 5.91. The zero-order valence-corrected chi connectivity index (χ0v) is 15.7. The van der Waals surface area contributed by atoms with Crippen LogP contribution in [0.5, 0.6) is 0 Å². The van der Waals surface area contributed by atoms with Gasteiger partial charge in [-0.3, -0.25) is 4.79 Å². The second-order valence-corrected chi connectivity index (χ2v) is 8.93. The van der Waals surface area contributed by atoms with Crippen molar-refractivity contribution in [2.45, 2.75) is 87.2 Å². The van der Waals surface area contributed by atoms with Gasteiger partial charge in [0.2, 0.25) is 5.91 Å². The molecule has 0 spiro atoms. The van der Waals surface area contributed by atoms with Crippen LogP contribution < -0.4 is 0 Å². The quantitative estimate of drug-likeness (QED) is 0.716. The topological polar surface area (TPSA) is 20.3 Å². The molecule has 0 unspecified atom stereocenters. The summed E-state index contributed by atoms with van der Waals surface area (Å²) in [7, 11) is 0. The van der Waals surface area contributed by atoms with Crippen molar-refractivity contribution < 1.29 is 4.79 Å². The van der Waals surface area contributed by atoms with E-state index in [2.05, 4.69) is 67.2 Å². The lowest BCUT2D eigenvalue weighted by molar-refractivity contribution is -0.146. The molecular formula is C19H37NO. The van der Waals surface area contributed by atoms with Crippen molar-refractivity contribution in [3.63, 3.8) is 0 Å². The summed E-state index contributed by atoms with van der Waals surface area (Å²) >= 11 is 0. The van der Waals surface area contributed by atoms with E-state index in [0.29, 0.717) is 35.7 Å². The Labute approximate surface area is 132 Å². The lowest BCUT2D eigenvalue weighted by Crippen LogP contribution is -2.50. The van der Waals surface area contributed by atoms with E-state index < -0.39 is 0 Å². The van der Waals surface area contributed by atoms with Gasteiger partial charge in [0.1, 0.15) is 0 Å². The fourth-order valence-corrected chi connectivity index (χ4v) is 4.44. The minimum atomic E-state index is 0.0122. The van der Waals surface area contributed by atoms with Gasteiger partial charge < -0.3 is 4.90 Å². The average molecular weight is 296 g/mol.